The van der Waals surface area contributed by atoms with E-state index in [1.807, 2.05) is 36.7 Å². The summed E-state index contributed by atoms with van der Waals surface area (Å²) in [6.45, 7) is 7.95. The van der Waals surface area contributed by atoms with E-state index >= 15 is 0 Å². The monoisotopic (exact) mass is 357 g/mol. The van der Waals surface area contributed by atoms with Crippen molar-refractivity contribution >= 4 is 18.4 Å². The molecule has 0 fully saturated rings. The molecule has 0 aliphatic heterocycles. The van der Waals surface area contributed by atoms with Crippen molar-refractivity contribution < 1.29 is 0 Å². The molecule has 27 heavy (non-hydrogen) atoms. The van der Waals surface area contributed by atoms with E-state index in [-0.39, 0.29) is 5.54 Å². The van der Waals surface area contributed by atoms with Crippen LogP contribution in [0.5, 0.6) is 0 Å². The van der Waals surface area contributed by atoms with Gasteiger partial charge >= 0.3 is 0 Å². The summed E-state index contributed by atoms with van der Waals surface area (Å²) in [4.78, 5) is 12.7. The molecule has 3 heteroatoms. The molecule has 2 rings (SSSR count). The van der Waals surface area contributed by atoms with E-state index in [1.54, 1.807) is 24.7 Å². The average molecular weight is 358 g/mol. The second-order valence-corrected chi connectivity index (χ2v) is 6.61. The maximum Gasteiger partial charge on any atom is 0.0797 e. The quantitative estimate of drug-likeness (QED) is 0.316. The summed E-state index contributed by atoms with van der Waals surface area (Å²) in [7, 11) is 0. The molecule has 0 radical (unpaired) electrons. The molecule has 0 bridgehead atoms. The first-order valence-electron chi connectivity index (χ1n) is 9.13. The predicted octanol–water partition coefficient (Wildman–Crippen LogP) is 5.95. The Labute approximate surface area is 162 Å². The van der Waals surface area contributed by atoms with Crippen LogP contribution in [0.1, 0.15) is 37.8 Å². The summed E-state index contributed by atoms with van der Waals surface area (Å²) >= 11 is 0. The highest BCUT2D eigenvalue weighted by atomic mass is 14.8. The van der Waals surface area contributed by atoms with Crippen LogP contribution in [0.2, 0.25) is 0 Å². The molecular formula is C24H27N3. The van der Waals surface area contributed by atoms with Crippen LogP contribution in [0.4, 0.5) is 0 Å². The fraction of sp³-hybridized carbons (Fsp3) is 0.208. The minimum atomic E-state index is -0.313. The average Bonchev–Trinajstić information content (AvgIpc) is 2.70. The minimum Gasteiger partial charge on any atom is -0.282 e. The van der Waals surface area contributed by atoms with Crippen LogP contribution in [0.15, 0.2) is 90.5 Å². The third-order valence-corrected chi connectivity index (χ3v) is 4.08. The van der Waals surface area contributed by atoms with E-state index < -0.39 is 0 Å². The number of hydrogen-bond donors (Lipinski definition) is 0. The molecule has 0 aliphatic rings. The molecule has 2 aromatic rings. The van der Waals surface area contributed by atoms with E-state index in [9.17, 15) is 0 Å². The lowest BCUT2D eigenvalue weighted by Crippen LogP contribution is -2.19. The third kappa shape index (κ3) is 7.37. The highest BCUT2D eigenvalue weighted by Crippen LogP contribution is 2.24. The predicted molar refractivity (Wildman–Crippen MR) is 117 cm³/mol. The van der Waals surface area contributed by atoms with Crippen molar-refractivity contribution in [3.8, 4) is 0 Å². The zero-order valence-corrected chi connectivity index (χ0v) is 16.1. The molecule has 0 spiro atoms. The van der Waals surface area contributed by atoms with E-state index in [4.69, 9.17) is 0 Å². The van der Waals surface area contributed by atoms with Crippen molar-refractivity contribution in [2.24, 2.45) is 4.99 Å². The first-order chi connectivity index (χ1) is 13.1. The molecule has 0 saturated carbocycles. The molecule has 0 amide bonds. The summed E-state index contributed by atoms with van der Waals surface area (Å²) < 4.78 is 0. The number of nitrogens with zero attached hydrogens (tertiary/aromatic N) is 3. The van der Waals surface area contributed by atoms with Gasteiger partial charge in [0.25, 0.3) is 0 Å². The molecule has 0 N–H and O–H groups in total. The van der Waals surface area contributed by atoms with Crippen LogP contribution >= 0.6 is 0 Å². The Bertz CT molecular complexity index is 813. The molecule has 0 unspecified atom stereocenters. The Hall–Kier alpha value is -3.07. The Balaban J connectivity index is 2.09. The summed E-state index contributed by atoms with van der Waals surface area (Å²) in [5, 5.41) is 0. The topological polar surface area (TPSA) is 38.1 Å². The number of hydrogen-bond acceptors (Lipinski definition) is 3. The molecule has 0 saturated heterocycles. The second-order valence-electron chi connectivity index (χ2n) is 6.61. The third-order valence-electron chi connectivity index (χ3n) is 4.08. The van der Waals surface area contributed by atoms with Gasteiger partial charge in [-0.05, 0) is 67.7 Å². The van der Waals surface area contributed by atoms with Crippen molar-refractivity contribution in [3.05, 3.63) is 96.6 Å². The number of unbranched alkanes of at least 4 members (excludes halogenated alkanes) is 1. The Morgan fingerprint density at radius 2 is 1.56 bits per heavy atom. The number of aromatic nitrogens is 2. The first-order valence-corrected chi connectivity index (χ1v) is 9.13. The number of aliphatic imine (C=N–C) groups is 1. The van der Waals surface area contributed by atoms with Gasteiger partial charge in [0.05, 0.1) is 5.54 Å². The van der Waals surface area contributed by atoms with Crippen LogP contribution in [-0.2, 0) is 0 Å². The van der Waals surface area contributed by atoms with Crippen molar-refractivity contribution in [3.63, 3.8) is 0 Å². The van der Waals surface area contributed by atoms with E-state index in [0.717, 1.165) is 18.4 Å². The van der Waals surface area contributed by atoms with Gasteiger partial charge in [0.1, 0.15) is 0 Å². The summed E-state index contributed by atoms with van der Waals surface area (Å²) in [5.74, 6) is 0. The Kier molecular flexibility index (Phi) is 8.11. The van der Waals surface area contributed by atoms with Crippen molar-refractivity contribution in [1.29, 1.82) is 0 Å². The van der Waals surface area contributed by atoms with Crippen LogP contribution in [-0.4, -0.2) is 21.7 Å². The van der Waals surface area contributed by atoms with Gasteiger partial charge in [-0.2, -0.15) is 0 Å². The largest absolute Gasteiger partial charge is 0.282 e. The zero-order valence-electron chi connectivity index (χ0n) is 16.1. The number of allylic oxidation sites excluding steroid dienone is 3. The van der Waals surface area contributed by atoms with Crippen LogP contribution in [0.3, 0.4) is 0 Å². The van der Waals surface area contributed by atoms with Gasteiger partial charge in [0.15, 0.2) is 0 Å². The molecule has 2 heterocycles. The van der Waals surface area contributed by atoms with Gasteiger partial charge in [-0.3, -0.25) is 15.0 Å². The van der Waals surface area contributed by atoms with Gasteiger partial charge in [0.2, 0.25) is 0 Å². The van der Waals surface area contributed by atoms with Crippen molar-refractivity contribution in [1.82, 2.24) is 9.97 Å². The van der Waals surface area contributed by atoms with Crippen LogP contribution in [0, 0.1) is 0 Å². The fourth-order valence-corrected chi connectivity index (χ4v) is 2.52. The Morgan fingerprint density at radius 3 is 2.15 bits per heavy atom. The summed E-state index contributed by atoms with van der Waals surface area (Å²) in [5.41, 5.74) is 3.15. The standard InChI is InChI=1S/C24H27N3/c1-4-16-27-24(2,3)23(11-10-22-14-19-26-20-15-22)9-7-5-6-8-21-12-17-25-18-13-21/h4,6,8-20H,1,5,7H2,2-3H3/b8-6+,11-10+,23-9-,27-16?. The van der Waals surface area contributed by atoms with Gasteiger partial charge in [-0.25, -0.2) is 0 Å². The molecule has 3 nitrogen and oxygen atoms in total. The lowest BCUT2D eigenvalue weighted by Gasteiger charge is -2.21. The van der Waals surface area contributed by atoms with Crippen molar-refractivity contribution in [2.75, 3.05) is 0 Å². The van der Waals surface area contributed by atoms with E-state index in [0.29, 0.717) is 0 Å². The lowest BCUT2D eigenvalue weighted by atomic mass is 9.92. The molecule has 2 aromatic heterocycles. The first kappa shape index (κ1) is 20.2. The SMILES string of the molecule is C=CC=NC(C)(C)C(=C\CC/C=C/c1ccncc1)/C=C/c1ccncc1. The normalized spacial score (nSPS) is 13.0. The highest BCUT2D eigenvalue weighted by molar-refractivity contribution is 5.71. The van der Waals surface area contributed by atoms with Crippen LogP contribution < -0.4 is 0 Å². The minimum absolute atomic E-state index is 0.313. The molecule has 138 valence electrons. The zero-order chi connectivity index (χ0) is 19.4. The fourth-order valence-electron chi connectivity index (χ4n) is 2.52. The maximum absolute atomic E-state index is 4.63. The molecule has 0 atom stereocenters. The van der Waals surface area contributed by atoms with Gasteiger partial charge in [-0.15, -0.1) is 0 Å². The second kappa shape index (κ2) is 10.8. The maximum atomic E-state index is 4.63. The van der Waals surface area contributed by atoms with Crippen LogP contribution in [0.25, 0.3) is 12.2 Å². The molecule has 0 aromatic carbocycles. The van der Waals surface area contributed by atoms with Gasteiger partial charge < -0.3 is 0 Å². The van der Waals surface area contributed by atoms with Gasteiger partial charge in [-0.1, -0.05) is 43.0 Å². The highest BCUT2D eigenvalue weighted by Gasteiger charge is 2.18. The summed E-state index contributed by atoms with van der Waals surface area (Å²) in [6, 6.07) is 7.99. The van der Waals surface area contributed by atoms with E-state index in [2.05, 4.69) is 65.8 Å². The van der Waals surface area contributed by atoms with E-state index in [1.165, 1.54) is 11.1 Å². The lowest BCUT2D eigenvalue weighted by molar-refractivity contribution is 0.629. The number of rotatable bonds is 9. The number of pyridine rings is 2. The molecular weight excluding hydrogens is 330 g/mol. The van der Waals surface area contributed by atoms with Gasteiger partial charge in [0, 0.05) is 31.0 Å². The molecule has 0 aliphatic carbocycles. The van der Waals surface area contributed by atoms with Crippen molar-refractivity contribution in [2.45, 2.75) is 32.2 Å². The Morgan fingerprint density at radius 1 is 0.963 bits per heavy atom. The summed E-state index contributed by atoms with van der Waals surface area (Å²) in [6.07, 6.45) is 23.4. The smallest absolute Gasteiger partial charge is 0.0797 e.